The standard InChI is InChI=1S/C16H21N3O/c1-19-13-4-5-14(19)9-12(8-13)18-15-6-3-11(10-17)7-16(15)20-2/h3,6-7,12-14,18H,4-5,8-9H2,1-2H3. The third-order valence-electron chi connectivity index (χ3n) is 4.79. The zero-order chi connectivity index (χ0) is 14.1. The maximum absolute atomic E-state index is 8.95. The van der Waals surface area contributed by atoms with Gasteiger partial charge >= 0.3 is 0 Å². The fraction of sp³-hybridized carbons (Fsp3) is 0.562. The van der Waals surface area contributed by atoms with Crippen molar-refractivity contribution in [3.63, 3.8) is 0 Å². The Balaban J connectivity index is 1.74. The Morgan fingerprint density at radius 1 is 1.30 bits per heavy atom. The van der Waals surface area contributed by atoms with Crippen LogP contribution in [0.3, 0.4) is 0 Å². The highest BCUT2D eigenvalue weighted by molar-refractivity contribution is 5.60. The summed E-state index contributed by atoms with van der Waals surface area (Å²) in [7, 11) is 3.90. The van der Waals surface area contributed by atoms with Gasteiger partial charge in [0.2, 0.25) is 0 Å². The topological polar surface area (TPSA) is 48.3 Å². The van der Waals surface area contributed by atoms with Crippen LogP contribution in [0.4, 0.5) is 5.69 Å². The number of nitriles is 1. The first-order valence-electron chi connectivity index (χ1n) is 7.28. The Morgan fingerprint density at radius 2 is 2.00 bits per heavy atom. The monoisotopic (exact) mass is 271 g/mol. The number of rotatable bonds is 3. The molecule has 20 heavy (non-hydrogen) atoms. The predicted octanol–water partition coefficient (Wildman–Crippen LogP) is 2.60. The van der Waals surface area contributed by atoms with Crippen LogP contribution in [-0.2, 0) is 0 Å². The van der Waals surface area contributed by atoms with Gasteiger partial charge in [-0.05, 0) is 44.9 Å². The summed E-state index contributed by atoms with van der Waals surface area (Å²) < 4.78 is 5.40. The van der Waals surface area contributed by atoms with Gasteiger partial charge in [-0.25, -0.2) is 0 Å². The molecule has 2 unspecified atom stereocenters. The number of hydrogen-bond donors (Lipinski definition) is 1. The number of hydrogen-bond acceptors (Lipinski definition) is 4. The van der Waals surface area contributed by atoms with Gasteiger partial charge in [-0.2, -0.15) is 5.26 Å². The molecule has 4 heteroatoms. The highest BCUT2D eigenvalue weighted by Gasteiger charge is 2.38. The number of anilines is 1. The lowest BCUT2D eigenvalue weighted by atomic mass is 9.97. The SMILES string of the molecule is COc1cc(C#N)ccc1NC1CC2CCC(C1)N2C. The van der Waals surface area contributed by atoms with E-state index in [-0.39, 0.29) is 0 Å². The van der Waals surface area contributed by atoms with Gasteiger partial charge in [0.25, 0.3) is 0 Å². The number of piperidine rings is 1. The highest BCUT2D eigenvalue weighted by atomic mass is 16.5. The van der Waals surface area contributed by atoms with Crippen LogP contribution in [0.1, 0.15) is 31.2 Å². The van der Waals surface area contributed by atoms with Crippen LogP contribution in [-0.4, -0.2) is 37.2 Å². The lowest BCUT2D eigenvalue weighted by Crippen LogP contribution is -2.44. The van der Waals surface area contributed by atoms with Crippen molar-refractivity contribution in [2.75, 3.05) is 19.5 Å². The Kier molecular flexibility index (Phi) is 3.54. The van der Waals surface area contributed by atoms with E-state index in [0.717, 1.165) is 23.5 Å². The molecule has 4 nitrogen and oxygen atoms in total. The molecule has 0 spiro atoms. The van der Waals surface area contributed by atoms with Gasteiger partial charge in [-0.3, -0.25) is 0 Å². The molecule has 3 rings (SSSR count). The fourth-order valence-corrected chi connectivity index (χ4v) is 3.63. The van der Waals surface area contributed by atoms with Crippen molar-refractivity contribution in [2.45, 2.75) is 43.8 Å². The van der Waals surface area contributed by atoms with Gasteiger partial charge in [0, 0.05) is 24.2 Å². The Hall–Kier alpha value is -1.73. The summed E-state index contributed by atoms with van der Waals surface area (Å²) in [5, 5.41) is 12.6. The van der Waals surface area contributed by atoms with Crippen LogP contribution in [0.25, 0.3) is 0 Å². The van der Waals surface area contributed by atoms with E-state index in [1.165, 1.54) is 25.7 Å². The van der Waals surface area contributed by atoms with Gasteiger partial charge < -0.3 is 15.0 Å². The molecule has 2 fully saturated rings. The number of methoxy groups -OCH3 is 1. The molecular weight excluding hydrogens is 250 g/mol. The number of nitrogens with zero attached hydrogens (tertiary/aromatic N) is 2. The molecule has 2 saturated heterocycles. The van der Waals surface area contributed by atoms with Gasteiger partial charge in [-0.1, -0.05) is 0 Å². The number of nitrogens with one attached hydrogen (secondary N) is 1. The van der Waals surface area contributed by atoms with Crippen molar-refractivity contribution in [3.05, 3.63) is 23.8 Å². The Bertz CT molecular complexity index is 523. The molecule has 0 radical (unpaired) electrons. The second-order valence-corrected chi connectivity index (χ2v) is 5.89. The van der Waals surface area contributed by atoms with Gasteiger partial charge in [0.05, 0.1) is 24.4 Å². The summed E-state index contributed by atoms with van der Waals surface area (Å²) in [6, 6.07) is 9.68. The molecule has 2 bridgehead atoms. The average Bonchev–Trinajstić information content (AvgIpc) is 2.69. The third kappa shape index (κ3) is 2.34. The largest absolute Gasteiger partial charge is 0.495 e. The van der Waals surface area contributed by atoms with E-state index in [0.29, 0.717) is 11.6 Å². The van der Waals surface area contributed by atoms with E-state index in [1.807, 2.05) is 12.1 Å². The molecule has 0 aliphatic carbocycles. The first-order chi connectivity index (χ1) is 9.71. The summed E-state index contributed by atoms with van der Waals surface area (Å²) in [5.41, 5.74) is 1.64. The Morgan fingerprint density at radius 3 is 2.60 bits per heavy atom. The molecule has 2 aliphatic heterocycles. The van der Waals surface area contributed by atoms with E-state index in [2.05, 4.69) is 23.3 Å². The van der Waals surface area contributed by atoms with Crippen LogP contribution >= 0.6 is 0 Å². The zero-order valence-electron chi connectivity index (χ0n) is 12.1. The highest BCUT2D eigenvalue weighted by Crippen LogP contribution is 2.36. The minimum atomic E-state index is 0.505. The molecule has 0 aromatic heterocycles. The summed E-state index contributed by atoms with van der Waals surface area (Å²) in [5.74, 6) is 0.760. The average molecular weight is 271 g/mol. The van der Waals surface area contributed by atoms with Crippen LogP contribution < -0.4 is 10.1 Å². The van der Waals surface area contributed by atoms with E-state index < -0.39 is 0 Å². The van der Waals surface area contributed by atoms with Crippen LogP contribution in [0.5, 0.6) is 5.75 Å². The third-order valence-corrected chi connectivity index (χ3v) is 4.79. The fourth-order valence-electron chi connectivity index (χ4n) is 3.63. The lowest BCUT2D eigenvalue weighted by molar-refractivity contribution is 0.169. The van der Waals surface area contributed by atoms with Crippen molar-refractivity contribution < 1.29 is 4.74 Å². The molecular formula is C16H21N3O. The van der Waals surface area contributed by atoms with Crippen molar-refractivity contribution in [2.24, 2.45) is 0 Å². The van der Waals surface area contributed by atoms with Crippen LogP contribution in [0.2, 0.25) is 0 Å². The second-order valence-electron chi connectivity index (χ2n) is 5.89. The first kappa shape index (κ1) is 13.3. The maximum Gasteiger partial charge on any atom is 0.143 e. The molecule has 106 valence electrons. The number of benzene rings is 1. The van der Waals surface area contributed by atoms with E-state index >= 15 is 0 Å². The molecule has 1 aromatic carbocycles. The Labute approximate surface area is 120 Å². The number of fused-ring (bicyclic) bond motifs is 2. The smallest absolute Gasteiger partial charge is 0.143 e. The van der Waals surface area contributed by atoms with Crippen LogP contribution in [0.15, 0.2) is 18.2 Å². The number of ether oxygens (including phenoxy) is 1. The molecule has 0 amide bonds. The first-order valence-corrected chi connectivity index (χ1v) is 7.28. The molecule has 2 heterocycles. The predicted molar refractivity (Wildman–Crippen MR) is 78.9 cm³/mol. The quantitative estimate of drug-likeness (QED) is 0.918. The molecule has 0 saturated carbocycles. The van der Waals surface area contributed by atoms with Crippen molar-refractivity contribution >= 4 is 5.69 Å². The summed E-state index contributed by atoms with van der Waals surface area (Å²) >= 11 is 0. The van der Waals surface area contributed by atoms with Crippen LogP contribution in [0, 0.1) is 11.3 Å². The van der Waals surface area contributed by atoms with Gasteiger partial charge in [0.1, 0.15) is 5.75 Å². The molecule has 2 aliphatic rings. The van der Waals surface area contributed by atoms with E-state index in [9.17, 15) is 0 Å². The van der Waals surface area contributed by atoms with Crippen molar-refractivity contribution in [1.29, 1.82) is 5.26 Å². The summed E-state index contributed by atoms with van der Waals surface area (Å²) in [6.07, 6.45) is 5.03. The minimum Gasteiger partial charge on any atom is -0.495 e. The summed E-state index contributed by atoms with van der Waals surface area (Å²) in [4.78, 5) is 2.54. The van der Waals surface area contributed by atoms with E-state index in [4.69, 9.17) is 10.00 Å². The summed E-state index contributed by atoms with van der Waals surface area (Å²) in [6.45, 7) is 0. The lowest BCUT2D eigenvalue weighted by Gasteiger charge is -2.37. The van der Waals surface area contributed by atoms with Gasteiger partial charge in [-0.15, -0.1) is 0 Å². The zero-order valence-corrected chi connectivity index (χ0v) is 12.1. The minimum absolute atomic E-state index is 0.505. The van der Waals surface area contributed by atoms with Gasteiger partial charge in [0.15, 0.2) is 0 Å². The molecule has 2 atom stereocenters. The second kappa shape index (κ2) is 5.34. The normalized spacial score (nSPS) is 28.9. The molecule has 1 aromatic rings. The molecule has 1 N–H and O–H groups in total. The van der Waals surface area contributed by atoms with E-state index in [1.54, 1.807) is 13.2 Å². The van der Waals surface area contributed by atoms with Crippen molar-refractivity contribution in [1.82, 2.24) is 4.90 Å². The maximum atomic E-state index is 8.95. The van der Waals surface area contributed by atoms with Crippen molar-refractivity contribution in [3.8, 4) is 11.8 Å².